The molecule has 0 spiro atoms. The van der Waals surface area contributed by atoms with E-state index in [1.165, 1.54) is 0 Å². The van der Waals surface area contributed by atoms with Crippen LogP contribution in [-0.2, 0) is 16.0 Å². The van der Waals surface area contributed by atoms with Crippen LogP contribution in [0.15, 0.2) is 18.2 Å². The first-order valence-electron chi connectivity index (χ1n) is 10.9. The molecule has 8 nitrogen and oxygen atoms in total. The molecule has 0 radical (unpaired) electrons. The van der Waals surface area contributed by atoms with Gasteiger partial charge in [0.1, 0.15) is 6.10 Å². The first-order valence-corrected chi connectivity index (χ1v) is 10.9. The van der Waals surface area contributed by atoms with Gasteiger partial charge in [-0.15, -0.1) is 0 Å². The number of anilines is 1. The number of piperidine rings is 1. The lowest BCUT2D eigenvalue weighted by atomic mass is 10.0. The number of aliphatic hydroxyl groups excluding tert-OH is 2. The summed E-state index contributed by atoms with van der Waals surface area (Å²) in [6.07, 6.45) is -0.0256. The molecule has 3 aliphatic rings. The molecule has 1 aromatic carbocycles. The molecule has 0 bridgehead atoms. The second-order valence-corrected chi connectivity index (χ2v) is 8.70. The molecule has 3 heterocycles. The summed E-state index contributed by atoms with van der Waals surface area (Å²) < 4.78 is 10.9. The highest BCUT2D eigenvalue weighted by atomic mass is 16.6. The van der Waals surface area contributed by atoms with E-state index in [4.69, 9.17) is 9.47 Å². The minimum absolute atomic E-state index is 0.199. The van der Waals surface area contributed by atoms with Crippen LogP contribution in [0.25, 0.3) is 0 Å². The van der Waals surface area contributed by atoms with Crippen LogP contribution in [0.2, 0.25) is 0 Å². The third-order valence-electron chi connectivity index (χ3n) is 6.35. The fourth-order valence-electron chi connectivity index (χ4n) is 4.34. The molecule has 3 fully saturated rings. The van der Waals surface area contributed by atoms with Gasteiger partial charge in [0.15, 0.2) is 6.10 Å². The predicted molar refractivity (Wildman–Crippen MR) is 113 cm³/mol. The van der Waals surface area contributed by atoms with Crippen molar-refractivity contribution in [3.8, 4) is 0 Å². The molecule has 2 N–H and O–H groups in total. The molecule has 2 atom stereocenters. The van der Waals surface area contributed by atoms with E-state index in [1.807, 2.05) is 12.1 Å². The van der Waals surface area contributed by atoms with Gasteiger partial charge in [-0.25, -0.2) is 4.79 Å². The monoisotopic (exact) mass is 419 g/mol. The molecule has 3 saturated heterocycles. The zero-order valence-corrected chi connectivity index (χ0v) is 17.7. The van der Waals surface area contributed by atoms with Gasteiger partial charge in [-0.1, -0.05) is 6.07 Å². The molecule has 2 unspecified atom stereocenters. The maximum atomic E-state index is 13.1. The Bertz CT molecular complexity index is 729. The van der Waals surface area contributed by atoms with Crippen LogP contribution in [0.3, 0.4) is 0 Å². The van der Waals surface area contributed by atoms with Gasteiger partial charge in [-0.2, -0.15) is 0 Å². The number of carbonyl (C=O) groups is 1. The number of ether oxygens (including phenoxy) is 2. The van der Waals surface area contributed by atoms with E-state index in [-0.39, 0.29) is 19.3 Å². The second-order valence-electron chi connectivity index (χ2n) is 8.70. The number of likely N-dealkylation sites (tertiary alicyclic amines) is 1. The van der Waals surface area contributed by atoms with E-state index >= 15 is 0 Å². The van der Waals surface area contributed by atoms with Gasteiger partial charge in [0.25, 0.3) is 0 Å². The average molecular weight is 420 g/mol. The molecule has 3 aliphatic heterocycles. The minimum atomic E-state index is -0.774. The normalized spacial score (nSPS) is 26.8. The summed E-state index contributed by atoms with van der Waals surface area (Å²) in [4.78, 5) is 19.9. The summed E-state index contributed by atoms with van der Waals surface area (Å²) in [6.45, 7) is 6.48. The molecule has 30 heavy (non-hydrogen) atoms. The number of aliphatic hydroxyl groups is 2. The number of rotatable bonds is 5. The Morgan fingerprint density at radius 3 is 2.50 bits per heavy atom. The van der Waals surface area contributed by atoms with Crippen molar-refractivity contribution in [3.05, 3.63) is 29.3 Å². The molecule has 0 aliphatic carbocycles. The largest absolute Gasteiger partial charge is 0.453 e. The Balaban J connectivity index is 1.53. The number of hydrogen-bond acceptors (Lipinski definition) is 8. The number of nitrogens with zero attached hydrogens (tertiary/aromatic N) is 3. The van der Waals surface area contributed by atoms with E-state index in [0.717, 1.165) is 69.9 Å². The van der Waals surface area contributed by atoms with Crippen LogP contribution in [0.1, 0.15) is 28.8 Å². The van der Waals surface area contributed by atoms with Crippen molar-refractivity contribution in [2.75, 3.05) is 64.4 Å². The minimum Gasteiger partial charge on any atom is -0.453 e. The second kappa shape index (κ2) is 9.62. The smallest absolute Gasteiger partial charge is 0.340 e. The Kier molecular flexibility index (Phi) is 6.90. The first-order chi connectivity index (χ1) is 14.5. The highest BCUT2D eigenvalue weighted by Gasteiger charge is 2.31. The lowest BCUT2D eigenvalue weighted by molar-refractivity contribution is 0.00118. The van der Waals surface area contributed by atoms with Gasteiger partial charge in [0.05, 0.1) is 30.6 Å². The van der Waals surface area contributed by atoms with Crippen molar-refractivity contribution >= 4 is 11.7 Å². The number of carbonyl (C=O) groups excluding carboxylic acids is 1. The zero-order valence-electron chi connectivity index (χ0n) is 17.7. The number of likely N-dealkylation sites (N-methyl/N-ethyl adjacent to an activating group) is 1. The fourth-order valence-corrected chi connectivity index (χ4v) is 4.34. The summed E-state index contributed by atoms with van der Waals surface area (Å²) in [6, 6.07) is 6.05. The van der Waals surface area contributed by atoms with Crippen LogP contribution in [0, 0.1) is 0 Å². The summed E-state index contributed by atoms with van der Waals surface area (Å²) in [7, 11) is 2.10. The van der Waals surface area contributed by atoms with Crippen molar-refractivity contribution < 1.29 is 24.5 Å². The van der Waals surface area contributed by atoms with Crippen LogP contribution in [0.5, 0.6) is 0 Å². The van der Waals surface area contributed by atoms with E-state index in [1.54, 1.807) is 0 Å². The topological polar surface area (TPSA) is 85.7 Å². The standard InChI is InChI=1S/C22H33N3O5/c1-23-8-10-25(11-9-23)19-3-2-16(13-24-6-4-17(26)5-7-24)12-18(19)22(28)30-21-15-29-14-20(21)27/h2-3,12,17,20-21,26-27H,4-11,13-15H2,1H3. The van der Waals surface area contributed by atoms with Crippen LogP contribution in [0.4, 0.5) is 5.69 Å². The highest BCUT2D eigenvalue weighted by Crippen LogP contribution is 2.27. The number of esters is 1. The maximum absolute atomic E-state index is 13.1. The van der Waals surface area contributed by atoms with Crippen LogP contribution >= 0.6 is 0 Å². The molecule has 166 valence electrons. The average Bonchev–Trinajstić information content (AvgIpc) is 3.15. The van der Waals surface area contributed by atoms with Gasteiger partial charge in [0.2, 0.25) is 0 Å². The van der Waals surface area contributed by atoms with Gasteiger partial charge in [-0.05, 0) is 37.6 Å². The molecule has 0 aromatic heterocycles. The van der Waals surface area contributed by atoms with Gasteiger partial charge in [0, 0.05) is 45.8 Å². The van der Waals surface area contributed by atoms with Crippen molar-refractivity contribution in [1.82, 2.24) is 9.80 Å². The van der Waals surface area contributed by atoms with E-state index in [0.29, 0.717) is 5.56 Å². The summed E-state index contributed by atoms with van der Waals surface area (Å²) >= 11 is 0. The highest BCUT2D eigenvalue weighted by molar-refractivity contribution is 5.96. The zero-order chi connectivity index (χ0) is 21.1. The quantitative estimate of drug-likeness (QED) is 0.660. The third kappa shape index (κ3) is 5.12. The van der Waals surface area contributed by atoms with Crippen molar-refractivity contribution in [2.45, 2.75) is 37.7 Å². The lowest BCUT2D eigenvalue weighted by Gasteiger charge is -2.35. The van der Waals surface area contributed by atoms with E-state index in [9.17, 15) is 15.0 Å². The summed E-state index contributed by atoms with van der Waals surface area (Å²) in [5.41, 5.74) is 2.49. The molecule has 4 rings (SSSR count). The SMILES string of the molecule is CN1CCN(c2ccc(CN3CCC(O)CC3)cc2C(=O)OC2COCC2O)CC1. The number of hydrogen-bond donors (Lipinski definition) is 2. The lowest BCUT2D eigenvalue weighted by Crippen LogP contribution is -2.45. The molecule has 0 amide bonds. The molecular weight excluding hydrogens is 386 g/mol. The molecular formula is C22H33N3O5. The maximum Gasteiger partial charge on any atom is 0.340 e. The Labute approximate surface area is 178 Å². The predicted octanol–water partition coefficient (Wildman–Crippen LogP) is 0.312. The number of benzene rings is 1. The van der Waals surface area contributed by atoms with Crippen molar-refractivity contribution in [3.63, 3.8) is 0 Å². The Morgan fingerprint density at radius 1 is 1.10 bits per heavy atom. The van der Waals surface area contributed by atoms with Gasteiger partial charge >= 0.3 is 5.97 Å². The van der Waals surface area contributed by atoms with Crippen molar-refractivity contribution in [2.24, 2.45) is 0 Å². The van der Waals surface area contributed by atoms with Gasteiger partial charge < -0.3 is 29.5 Å². The number of piperazine rings is 1. The van der Waals surface area contributed by atoms with E-state index in [2.05, 4.69) is 27.8 Å². The third-order valence-corrected chi connectivity index (χ3v) is 6.35. The Hall–Kier alpha value is -1.71. The first kappa shape index (κ1) is 21.5. The summed E-state index contributed by atoms with van der Waals surface area (Å²) in [5, 5.41) is 19.7. The summed E-state index contributed by atoms with van der Waals surface area (Å²) in [5.74, 6) is -0.408. The molecule has 0 saturated carbocycles. The van der Waals surface area contributed by atoms with Gasteiger partial charge in [-0.3, -0.25) is 4.90 Å². The van der Waals surface area contributed by atoms with E-state index < -0.39 is 18.2 Å². The molecule has 1 aromatic rings. The van der Waals surface area contributed by atoms with Crippen LogP contribution < -0.4 is 4.90 Å². The molecule has 8 heteroatoms. The fraction of sp³-hybridized carbons (Fsp3) is 0.682. The Morgan fingerprint density at radius 2 is 1.83 bits per heavy atom. The van der Waals surface area contributed by atoms with Crippen molar-refractivity contribution in [1.29, 1.82) is 0 Å². The van der Waals surface area contributed by atoms with Crippen LogP contribution in [-0.4, -0.2) is 104 Å².